The zero-order valence-electron chi connectivity index (χ0n) is 16.6. The molecule has 2 aromatic rings. The Morgan fingerprint density at radius 3 is 2.58 bits per heavy atom. The molecule has 0 radical (unpaired) electrons. The van der Waals surface area contributed by atoms with Crippen LogP contribution in [-0.4, -0.2) is 44.6 Å². The van der Waals surface area contributed by atoms with Crippen LogP contribution in [0.3, 0.4) is 0 Å². The van der Waals surface area contributed by atoms with Crippen LogP contribution in [0.2, 0.25) is 0 Å². The number of nitrogens with one attached hydrogen (secondary N) is 1. The molecule has 2 N–H and O–H groups in total. The summed E-state index contributed by atoms with van der Waals surface area (Å²) in [5, 5.41) is 10.2. The van der Waals surface area contributed by atoms with E-state index in [0.717, 1.165) is 32.4 Å². The number of rotatable bonds is 3. The quantitative estimate of drug-likeness (QED) is 0.687. The largest absolute Gasteiger partial charge is 0.480 e. The molecule has 31 heavy (non-hydrogen) atoms. The lowest BCUT2D eigenvalue weighted by Gasteiger charge is -2.43. The molecule has 0 unspecified atom stereocenters. The number of nitrogens with zero attached hydrogens (tertiary/aromatic N) is 1. The molecule has 2 aliphatic heterocycles. The minimum Gasteiger partial charge on any atom is -0.480 e. The number of H-pyrrole nitrogens is 1. The van der Waals surface area contributed by atoms with E-state index in [2.05, 4.69) is 24.0 Å². The second-order valence-electron chi connectivity index (χ2n) is 8.97. The van der Waals surface area contributed by atoms with Crippen molar-refractivity contribution in [1.82, 2.24) is 9.88 Å². The summed E-state index contributed by atoms with van der Waals surface area (Å²) >= 11 is 2.88. The Labute approximate surface area is 185 Å². The number of amides is 2. The summed E-state index contributed by atoms with van der Waals surface area (Å²) in [6, 6.07) is 8.16. The smallest absolute Gasteiger partial charge is 0.323 e. The third kappa shape index (κ3) is 2.53. The molecule has 2 amide bonds. The average molecular weight is 457 g/mol. The van der Waals surface area contributed by atoms with Crippen LogP contribution in [0.4, 0.5) is 0 Å². The van der Waals surface area contributed by atoms with Gasteiger partial charge in [-0.3, -0.25) is 24.1 Å². The van der Waals surface area contributed by atoms with Gasteiger partial charge in [0.1, 0.15) is 6.54 Å². The highest BCUT2D eigenvalue weighted by atomic mass is 32.2. The van der Waals surface area contributed by atoms with E-state index in [1.54, 1.807) is 11.8 Å². The molecule has 1 aromatic heterocycles. The minimum atomic E-state index is -1.17. The predicted molar refractivity (Wildman–Crippen MR) is 114 cm³/mol. The van der Waals surface area contributed by atoms with Gasteiger partial charge >= 0.3 is 10.8 Å². The van der Waals surface area contributed by atoms with Crippen molar-refractivity contribution in [2.75, 3.05) is 6.54 Å². The van der Waals surface area contributed by atoms with Crippen LogP contribution in [0.25, 0.3) is 0 Å². The molecule has 1 saturated heterocycles. The number of benzene rings is 1. The predicted octanol–water partition coefficient (Wildman–Crippen LogP) is 2.30. The fraction of sp³-hybridized carbons (Fsp3) is 0.455. The van der Waals surface area contributed by atoms with E-state index in [0.29, 0.717) is 0 Å². The maximum Gasteiger partial charge on any atom is 0.323 e. The summed E-state index contributed by atoms with van der Waals surface area (Å²) in [6.07, 6.45) is 0.803. The van der Waals surface area contributed by atoms with Gasteiger partial charge in [-0.05, 0) is 42.2 Å². The van der Waals surface area contributed by atoms with Crippen LogP contribution in [-0.2, 0) is 14.4 Å². The molecule has 1 aromatic carbocycles. The molecule has 9 heteroatoms. The van der Waals surface area contributed by atoms with E-state index < -0.39 is 24.3 Å². The van der Waals surface area contributed by atoms with E-state index in [9.17, 15) is 24.3 Å². The number of hydrogen-bond donors (Lipinski definition) is 2. The van der Waals surface area contributed by atoms with E-state index in [1.807, 2.05) is 12.1 Å². The Balaban J connectivity index is 1.47. The highest BCUT2D eigenvalue weighted by Gasteiger charge is 2.69. The van der Waals surface area contributed by atoms with Crippen LogP contribution in [0.5, 0.6) is 0 Å². The molecule has 6 rings (SSSR count). The van der Waals surface area contributed by atoms with Gasteiger partial charge in [-0.2, -0.15) is 0 Å². The van der Waals surface area contributed by atoms with Gasteiger partial charge < -0.3 is 10.1 Å². The highest BCUT2D eigenvalue weighted by Crippen LogP contribution is 2.68. The number of aromatic nitrogens is 1. The molecular formula is C22H20N2O5S2. The van der Waals surface area contributed by atoms with Gasteiger partial charge in [-0.1, -0.05) is 35.6 Å². The third-order valence-corrected chi connectivity index (χ3v) is 10.2. The van der Waals surface area contributed by atoms with Crippen molar-refractivity contribution in [1.29, 1.82) is 0 Å². The van der Waals surface area contributed by atoms with E-state index in [4.69, 9.17) is 0 Å². The number of aryl methyl sites for hydroxylation is 1. The number of carboxylic acid groups (broad SMARTS) is 1. The number of thioether (sulfide) groups is 1. The number of imide groups is 1. The average Bonchev–Trinajstić information content (AvgIpc) is 3.44. The van der Waals surface area contributed by atoms with Crippen LogP contribution >= 0.6 is 23.1 Å². The number of likely N-dealkylation sites (tertiary alicyclic amines) is 1. The molecule has 7 atom stereocenters. The Bertz CT molecular complexity index is 1200. The summed E-state index contributed by atoms with van der Waals surface area (Å²) < 4.78 is 0. The molecule has 2 saturated carbocycles. The number of carbonyl (C=O) groups excluding carboxylic acids is 2. The first-order valence-electron chi connectivity index (χ1n) is 10.4. The third-order valence-electron chi connectivity index (χ3n) is 7.63. The van der Waals surface area contributed by atoms with Gasteiger partial charge in [-0.25, -0.2) is 0 Å². The van der Waals surface area contributed by atoms with E-state index >= 15 is 0 Å². The van der Waals surface area contributed by atoms with Crippen molar-refractivity contribution in [2.45, 2.75) is 29.5 Å². The molecule has 2 bridgehead atoms. The molecule has 3 fully saturated rings. The fourth-order valence-corrected chi connectivity index (χ4v) is 9.53. The number of aromatic amines is 1. The molecular weight excluding hydrogens is 436 g/mol. The molecule has 2 aliphatic carbocycles. The Hall–Kier alpha value is -2.39. The molecule has 0 spiro atoms. The topological polar surface area (TPSA) is 108 Å². The Kier molecular flexibility index (Phi) is 4.08. The summed E-state index contributed by atoms with van der Waals surface area (Å²) in [7, 11) is 0. The maximum atomic E-state index is 13.1. The van der Waals surface area contributed by atoms with Gasteiger partial charge in [0, 0.05) is 16.0 Å². The molecule has 3 heterocycles. The van der Waals surface area contributed by atoms with Gasteiger partial charge in [0.2, 0.25) is 11.8 Å². The van der Waals surface area contributed by atoms with Crippen LogP contribution in [0.15, 0.2) is 34.1 Å². The number of hydrogen-bond acceptors (Lipinski definition) is 6. The highest BCUT2D eigenvalue weighted by molar-refractivity contribution is 8.00. The van der Waals surface area contributed by atoms with Crippen LogP contribution in [0.1, 0.15) is 28.3 Å². The zero-order valence-corrected chi connectivity index (χ0v) is 18.2. The summed E-state index contributed by atoms with van der Waals surface area (Å²) in [5.74, 6) is -2.54. The second kappa shape index (κ2) is 6.56. The lowest BCUT2D eigenvalue weighted by molar-refractivity contribution is -0.149. The number of fused-ring (bicyclic) bond motifs is 9. The molecule has 7 nitrogen and oxygen atoms in total. The van der Waals surface area contributed by atoms with Gasteiger partial charge in [0.25, 0.3) is 0 Å². The lowest BCUT2D eigenvalue weighted by atomic mass is 9.67. The van der Waals surface area contributed by atoms with Gasteiger partial charge in [0.15, 0.2) is 0 Å². The number of thiazole rings is 1. The van der Waals surface area contributed by atoms with E-state index in [1.165, 1.54) is 11.3 Å². The van der Waals surface area contributed by atoms with Gasteiger partial charge in [-0.15, -0.1) is 11.8 Å². The Morgan fingerprint density at radius 2 is 1.87 bits per heavy atom. The van der Waals surface area contributed by atoms with Crippen molar-refractivity contribution in [3.8, 4) is 0 Å². The van der Waals surface area contributed by atoms with Crippen molar-refractivity contribution in [2.24, 2.45) is 29.6 Å². The first-order chi connectivity index (χ1) is 14.9. The lowest BCUT2D eigenvalue weighted by Crippen LogP contribution is -2.42. The molecule has 160 valence electrons. The summed E-state index contributed by atoms with van der Waals surface area (Å²) in [6.45, 7) is 1.50. The van der Waals surface area contributed by atoms with Crippen molar-refractivity contribution in [3.05, 3.63) is 49.9 Å². The monoisotopic (exact) mass is 456 g/mol. The van der Waals surface area contributed by atoms with Crippen LogP contribution < -0.4 is 4.87 Å². The first-order valence-corrected chi connectivity index (χ1v) is 12.1. The zero-order chi connectivity index (χ0) is 21.6. The first kappa shape index (κ1) is 19.3. The van der Waals surface area contributed by atoms with Crippen molar-refractivity contribution < 1.29 is 19.5 Å². The molecule has 4 aliphatic rings. The standard InChI is InChI=1S/C22H20N2O5S2/c1-8-4-2-3-5-9(8)13-14-10-6-11(17(14)30-19-18(13)31-22(29)23-19)16-15(10)20(27)24(21(16)28)7-12(25)26/h2-5,10-11,13-17H,6-7H2,1H3,(H,23,29)(H,25,26)/t10-,11-,13-,14-,15+,16+,17-/m1/s1. The number of carboxylic acids is 1. The van der Waals surface area contributed by atoms with Crippen LogP contribution in [0, 0.1) is 36.5 Å². The number of carbonyl (C=O) groups is 3. The second-order valence-corrected chi connectivity index (χ2v) is 11.2. The number of aliphatic carboxylic acids is 1. The van der Waals surface area contributed by atoms with Gasteiger partial charge in [0.05, 0.1) is 16.9 Å². The Morgan fingerprint density at radius 1 is 1.16 bits per heavy atom. The summed E-state index contributed by atoms with van der Waals surface area (Å²) in [5.41, 5.74) is 2.31. The van der Waals surface area contributed by atoms with Crippen molar-refractivity contribution in [3.63, 3.8) is 0 Å². The maximum absolute atomic E-state index is 13.1. The normalized spacial score (nSPS) is 35.3. The van der Waals surface area contributed by atoms with E-state index in [-0.39, 0.29) is 45.6 Å². The van der Waals surface area contributed by atoms with Crippen molar-refractivity contribution >= 4 is 40.9 Å². The SMILES string of the molecule is Cc1ccccc1[C@H]1c2sc(=O)[nH]c2S[C@@H]2[C@@H]3C[C@@H]([C@@H]4C(=O)N(CC(=O)O)C(=O)[C@@H]34)[C@H]12. The fourth-order valence-electron chi connectivity index (χ4n) is 6.65. The minimum absolute atomic E-state index is 0.00113. The summed E-state index contributed by atoms with van der Waals surface area (Å²) in [4.78, 5) is 54.5.